The Hall–Kier alpha value is -5.92. The maximum absolute atomic E-state index is 2.52. The van der Waals surface area contributed by atoms with Gasteiger partial charge in [0.2, 0.25) is 0 Å². The number of nitrogens with zero attached hydrogens (tertiary/aromatic N) is 1. The molecule has 0 unspecified atom stereocenters. The maximum Gasteiger partial charge on any atom is 0.0546 e. The van der Waals surface area contributed by atoms with Crippen LogP contribution in [0, 0.1) is 0 Å². The van der Waals surface area contributed by atoms with Gasteiger partial charge < -0.3 is 4.90 Å². The summed E-state index contributed by atoms with van der Waals surface area (Å²) in [6, 6.07) is 59.7. The van der Waals surface area contributed by atoms with E-state index < -0.39 is 0 Å². The molecule has 0 fully saturated rings. The molecule has 1 heteroatoms. The summed E-state index contributed by atoms with van der Waals surface area (Å²) >= 11 is 0. The molecule has 0 radical (unpaired) electrons. The van der Waals surface area contributed by atoms with E-state index in [0.717, 1.165) is 11.4 Å². The zero-order valence-electron chi connectivity index (χ0n) is 33.0. The van der Waals surface area contributed by atoms with Gasteiger partial charge in [0, 0.05) is 27.8 Å². The Labute approximate surface area is 325 Å². The second kappa shape index (κ2) is 11.8. The molecule has 8 aromatic rings. The van der Waals surface area contributed by atoms with Gasteiger partial charge in [0.25, 0.3) is 0 Å². The lowest BCUT2D eigenvalue weighted by Gasteiger charge is -2.31. The van der Waals surface area contributed by atoms with Gasteiger partial charge in [-0.2, -0.15) is 0 Å². The summed E-state index contributed by atoms with van der Waals surface area (Å²) in [6.07, 6.45) is 0. The second-order valence-electron chi connectivity index (χ2n) is 17.8. The first-order chi connectivity index (χ1) is 26.4. The first-order valence-electron chi connectivity index (χ1n) is 19.8. The van der Waals surface area contributed by atoms with Gasteiger partial charge in [-0.05, 0) is 125 Å². The normalized spacial score (nSPS) is 14.7. The summed E-state index contributed by atoms with van der Waals surface area (Å²) in [5, 5.41) is 5.08. The van der Waals surface area contributed by atoms with Gasteiger partial charge in [-0.15, -0.1) is 0 Å². The van der Waals surface area contributed by atoms with Crippen molar-refractivity contribution in [2.24, 2.45) is 0 Å². The molecule has 0 bridgehead atoms. The lowest BCUT2D eigenvalue weighted by molar-refractivity contribution is 0.590. The lowest BCUT2D eigenvalue weighted by Crippen LogP contribution is -2.17. The van der Waals surface area contributed by atoms with Crippen molar-refractivity contribution in [3.8, 4) is 33.4 Å². The van der Waals surface area contributed by atoms with Gasteiger partial charge in [-0.3, -0.25) is 0 Å². The van der Waals surface area contributed by atoms with Crippen molar-refractivity contribution in [2.75, 3.05) is 4.90 Å². The molecule has 10 rings (SSSR count). The molecule has 2 aliphatic carbocycles. The molecule has 0 spiro atoms. The molecule has 1 nitrogen and oxygen atoms in total. The van der Waals surface area contributed by atoms with Gasteiger partial charge in [0.1, 0.15) is 0 Å². The average Bonchev–Trinajstić information content (AvgIpc) is 3.56. The van der Waals surface area contributed by atoms with Crippen molar-refractivity contribution in [1.29, 1.82) is 0 Å². The first-order valence-corrected chi connectivity index (χ1v) is 19.8. The number of fused-ring (bicyclic) bond motifs is 8. The topological polar surface area (TPSA) is 3.24 Å². The third-order valence-corrected chi connectivity index (χ3v) is 12.8. The molecule has 0 aromatic heterocycles. The average molecular weight is 710 g/mol. The van der Waals surface area contributed by atoms with Crippen LogP contribution < -0.4 is 4.90 Å². The number of rotatable bonds is 4. The Kier molecular flexibility index (Phi) is 7.21. The van der Waals surface area contributed by atoms with Gasteiger partial charge >= 0.3 is 0 Å². The van der Waals surface area contributed by atoms with Crippen molar-refractivity contribution in [3.05, 3.63) is 186 Å². The minimum Gasteiger partial charge on any atom is -0.310 e. The molecule has 0 N–H and O–H groups in total. The van der Waals surface area contributed by atoms with E-state index in [9.17, 15) is 0 Å². The molecule has 2 aliphatic rings. The summed E-state index contributed by atoms with van der Waals surface area (Å²) in [5.41, 5.74) is 18.0. The number of hydrogen-bond acceptors (Lipinski definition) is 1. The predicted molar refractivity (Wildman–Crippen MR) is 235 cm³/mol. The van der Waals surface area contributed by atoms with Gasteiger partial charge in [0.15, 0.2) is 0 Å². The van der Waals surface area contributed by atoms with E-state index in [2.05, 4.69) is 211 Å². The lowest BCUT2D eigenvalue weighted by atomic mass is 9.81. The Bertz CT molecular complexity index is 2840. The summed E-state index contributed by atoms with van der Waals surface area (Å²) in [4.78, 5) is 2.52. The van der Waals surface area contributed by atoms with Crippen LogP contribution in [0.5, 0.6) is 0 Å². The van der Waals surface area contributed by atoms with E-state index in [1.807, 2.05) is 0 Å². The Morgan fingerprint density at radius 3 is 1.76 bits per heavy atom. The third-order valence-electron chi connectivity index (χ3n) is 12.8. The van der Waals surface area contributed by atoms with E-state index in [4.69, 9.17) is 0 Å². The Morgan fingerprint density at radius 1 is 0.400 bits per heavy atom. The van der Waals surface area contributed by atoms with Crippen LogP contribution in [0.4, 0.5) is 17.1 Å². The highest BCUT2D eigenvalue weighted by atomic mass is 15.1. The van der Waals surface area contributed by atoms with Gasteiger partial charge in [-0.25, -0.2) is 0 Å². The minimum absolute atomic E-state index is 0.0508. The second-order valence-corrected chi connectivity index (χ2v) is 17.8. The van der Waals surface area contributed by atoms with E-state index >= 15 is 0 Å². The van der Waals surface area contributed by atoms with Gasteiger partial charge in [0.05, 0.1) is 5.69 Å². The monoisotopic (exact) mass is 709 g/mol. The van der Waals surface area contributed by atoms with Crippen molar-refractivity contribution in [3.63, 3.8) is 0 Å². The molecular formula is C54H47N. The van der Waals surface area contributed by atoms with E-state index in [1.165, 1.54) is 88.4 Å². The van der Waals surface area contributed by atoms with E-state index in [0.29, 0.717) is 0 Å². The third kappa shape index (κ3) is 4.99. The zero-order valence-corrected chi connectivity index (χ0v) is 33.0. The summed E-state index contributed by atoms with van der Waals surface area (Å²) in [5.74, 6) is 0. The fourth-order valence-electron chi connectivity index (χ4n) is 9.78. The summed E-state index contributed by atoms with van der Waals surface area (Å²) in [6.45, 7) is 16.4. The number of benzene rings is 8. The van der Waals surface area contributed by atoms with Crippen LogP contribution in [0.2, 0.25) is 0 Å². The molecule has 55 heavy (non-hydrogen) atoms. The minimum atomic E-state index is -0.159. The number of hydrogen-bond donors (Lipinski definition) is 0. The molecule has 0 saturated carbocycles. The predicted octanol–water partition coefficient (Wildman–Crippen LogP) is 15.0. The van der Waals surface area contributed by atoms with Gasteiger partial charge in [-0.1, -0.05) is 164 Å². The van der Waals surface area contributed by atoms with Crippen molar-refractivity contribution in [2.45, 2.75) is 64.7 Å². The molecule has 0 heterocycles. The summed E-state index contributed by atoms with van der Waals surface area (Å²) in [7, 11) is 0. The van der Waals surface area contributed by atoms with Crippen LogP contribution in [-0.2, 0) is 16.2 Å². The molecule has 0 amide bonds. The molecule has 0 saturated heterocycles. The van der Waals surface area contributed by atoms with Crippen LogP contribution in [0.25, 0.3) is 54.9 Å². The number of anilines is 3. The largest absolute Gasteiger partial charge is 0.310 e. The van der Waals surface area contributed by atoms with E-state index in [1.54, 1.807) is 0 Å². The van der Waals surface area contributed by atoms with Crippen LogP contribution in [-0.4, -0.2) is 0 Å². The Morgan fingerprint density at radius 2 is 1.00 bits per heavy atom. The van der Waals surface area contributed by atoms with Crippen LogP contribution in [0.15, 0.2) is 158 Å². The van der Waals surface area contributed by atoms with Crippen molar-refractivity contribution < 1.29 is 0 Å². The summed E-state index contributed by atoms with van der Waals surface area (Å²) < 4.78 is 0. The van der Waals surface area contributed by atoms with Crippen molar-refractivity contribution in [1.82, 2.24) is 0 Å². The SMILES string of the molecule is CC(C)(C)c1ccc(N(c2ccc3c(c2)C(C)(C)c2cc4ccccc4cc2-3)c2ccc3ccccc3c2-c2cccc3c2-c2ccccc2C3(C)C)cc1. The van der Waals surface area contributed by atoms with Crippen LogP contribution >= 0.6 is 0 Å². The quantitative estimate of drug-likeness (QED) is 0.176. The molecule has 0 aliphatic heterocycles. The highest BCUT2D eigenvalue weighted by molar-refractivity contribution is 6.09. The van der Waals surface area contributed by atoms with Crippen LogP contribution in [0.3, 0.4) is 0 Å². The fourth-order valence-corrected chi connectivity index (χ4v) is 9.78. The molecule has 8 aromatic carbocycles. The zero-order chi connectivity index (χ0) is 37.9. The molecule has 0 atom stereocenters. The van der Waals surface area contributed by atoms with E-state index in [-0.39, 0.29) is 16.2 Å². The molecule has 268 valence electrons. The first kappa shape index (κ1) is 33.6. The maximum atomic E-state index is 2.52. The molecular weight excluding hydrogens is 663 g/mol. The van der Waals surface area contributed by atoms with Crippen molar-refractivity contribution >= 4 is 38.6 Å². The smallest absolute Gasteiger partial charge is 0.0546 e. The standard InChI is InChI=1S/C54H47N/c1-52(2,3)37-24-26-38(27-25-37)55(39-28-29-41-44-31-35-16-8-9-17-36(35)32-47(44)54(6,7)48(41)33-39)49-30-23-34-15-10-11-18-40(34)51(49)43-20-14-22-46-50(43)42-19-12-13-21-45(42)53(46,4)5/h8-33H,1-7H3. The Balaban J connectivity index is 1.25. The highest BCUT2D eigenvalue weighted by Crippen LogP contribution is 2.56. The highest BCUT2D eigenvalue weighted by Gasteiger charge is 2.39. The van der Waals surface area contributed by atoms with Crippen LogP contribution in [0.1, 0.15) is 76.3 Å². The fraction of sp³-hybridized carbons (Fsp3) is 0.185.